The number of nitrogens with one attached hydrogen (secondary N) is 2. The van der Waals surface area contributed by atoms with Crippen molar-refractivity contribution in [2.45, 2.75) is 39.3 Å². The van der Waals surface area contributed by atoms with Crippen LogP contribution in [0, 0.1) is 0 Å². The highest BCUT2D eigenvalue weighted by Gasteiger charge is 2.38. The van der Waals surface area contributed by atoms with E-state index in [1.165, 1.54) is 7.11 Å². The molecule has 0 saturated heterocycles. The lowest BCUT2D eigenvalue weighted by Crippen LogP contribution is -2.54. The van der Waals surface area contributed by atoms with E-state index in [0.29, 0.717) is 40.9 Å². The van der Waals surface area contributed by atoms with Crippen molar-refractivity contribution in [3.05, 3.63) is 30.0 Å². The van der Waals surface area contributed by atoms with Crippen molar-refractivity contribution in [2.75, 3.05) is 36.3 Å². The average molecular weight is 412 g/mol. The van der Waals surface area contributed by atoms with Gasteiger partial charge in [-0.25, -0.2) is 4.98 Å². The molecule has 2 N–H and O–H groups in total. The van der Waals surface area contributed by atoms with E-state index in [0.717, 1.165) is 0 Å². The SMILES string of the molecule is CC[C@H]1C(=O)N(C)c2cnc(Nc3ccc(C(=O)NC)cc3OC)nc2N1C(C)C. The van der Waals surface area contributed by atoms with Crippen LogP contribution in [0.1, 0.15) is 37.6 Å². The molecule has 1 aliphatic heterocycles. The molecule has 9 nitrogen and oxygen atoms in total. The Morgan fingerprint density at radius 2 is 2.07 bits per heavy atom. The largest absolute Gasteiger partial charge is 0.495 e. The predicted octanol–water partition coefficient (Wildman–Crippen LogP) is 2.56. The Morgan fingerprint density at radius 1 is 1.33 bits per heavy atom. The lowest BCUT2D eigenvalue weighted by molar-refractivity contribution is -0.120. The molecule has 2 amide bonds. The van der Waals surface area contributed by atoms with Crippen LogP contribution in [-0.4, -0.2) is 55.1 Å². The molecule has 160 valence electrons. The van der Waals surface area contributed by atoms with Gasteiger partial charge in [-0.3, -0.25) is 9.59 Å². The van der Waals surface area contributed by atoms with Gasteiger partial charge in [0.25, 0.3) is 5.91 Å². The number of amides is 2. The molecule has 2 aromatic rings. The Bertz CT molecular complexity index is 962. The Balaban J connectivity index is 2.00. The maximum Gasteiger partial charge on any atom is 0.251 e. The molecule has 0 radical (unpaired) electrons. The second-order valence-corrected chi connectivity index (χ2v) is 7.34. The van der Waals surface area contributed by atoms with Crippen molar-refractivity contribution in [3.63, 3.8) is 0 Å². The number of carbonyl (C=O) groups is 2. The van der Waals surface area contributed by atoms with Gasteiger partial charge in [-0.2, -0.15) is 4.98 Å². The Hall–Kier alpha value is -3.36. The molecule has 1 aromatic carbocycles. The first-order chi connectivity index (χ1) is 14.3. The van der Waals surface area contributed by atoms with Gasteiger partial charge in [-0.05, 0) is 38.5 Å². The molecule has 0 spiro atoms. The molecule has 30 heavy (non-hydrogen) atoms. The summed E-state index contributed by atoms with van der Waals surface area (Å²) in [6, 6.07) is 4.92. The first-order valence-corrected chi connectivity index (χ1v) is 9.92. The highest BCUT2D eigenvalue weighted by molar-refractivity contribution is 6.04. The molecular formula is C21H28N6O3. The van der Waals surface area contributed by atoms with Crippen LogP contribution in [0.2, 0.25) is 0 Å². The minimum absolute atomic E-state index is 0.0365. The third kappa shape index (κ3) is 3.74. The maximum absolute atomic E-state index is 12.8. The Kier molecular flexibility index (Phi) is 6.09. The van der Waals surface area contributed by atoms with Gasteiger partial charge in [0.15, 0.2) is 5.82 Å². The van der Waals surface area contributed by atoms with E-state index in [1.807, 2.05) is 25.7 Å². The van der Waals surface area contributed by atoms with Crippen LogP contribution in [0.15, 0.2) is 24.4 Å². The van der Waals surface area contributed by atoms with Gasteiger partial charge in [0.2, 0.25) is 11.9 Å². The van der Waals surface area contributed by atoms with Crippen LogP contribution in [-0.2, 0) is 4.79 Å². The van der Waals surface area contributed by atoms with Gasteiger partial charge < -0.3 is 25.2 Å². The lowest BCUT2D eigenvalue weighted by atomic mass is 10.1. The minimum atomic E-state index is -0.272. The summed E-state index contributed by atoms with van der Waals surface area (Å²) in [6.45, 7) is 6.08. The van der Waals surface area contributed by atoms with E-state index in [-0.39, 0.29) is 23.9 Å². The number of hydrogen-bond donors (Lipinski definition) is 2. The Labute approximate surface area is 176 Å². The van der Waals surface area contributed by atoms with Gasteiger partial charge in [0.05, 0.1) is 19.0 Å². The van der Waals surface area contributed by atoms with Crippen molar-refractivity contribution in [1.29, 1.82) is 0 Å². The number of fused-ring (bicyclic) bond motifs is 1. The molecule has 2 heterocycles. The molecule has 1 aromatic heterocycles. The molecule has 1 atom stereocenters. The van der Waals surface area contributed by atoms with Crippen molar-refractivity contribution in [2.24, 2.45) is 0 Å². The predicted molar refractivity (Wildman–Crippen MR) is 117 cm³/mol. The monoisotopic (exact) mass is 412 g/mol. The zero-order valence-electron chi connectivity index (χ0n) is 18.2. The van der Waals surface area contributed by atoms with E-state index >= 15 is 0 Å². The molecule has 0 unspecified atom stereocenters. The molecular weight excluding hydrogens is 384 g/mol. The van der Waals surface area contributed by atoms with Gasteiger partial charge in [0, 0.05) is 25.7 Å². The highest BCUT2D eigenvalue weighted by atomic mass is 16.5. The fraction of sp³-hybridized carbons (Fsp3) is 0.429. The molecule has 1 aliphatic rings. The maximum atomic E-state index is 12.8. The third-order valence-electron chi connectivity index (χ3n) is 5.19. The number of carbonyl (C=O) groups excluding carboxylic acids is 2. The van der Waals surface area contributed by atoms with Crippen LogP contribution >= 0.6 is 0 Å². The molecule has 0 fully saturated rings. The van der Waals surface area contributed by atoms with Crippen LogP contribution in [0.4, 0.5) is 23.1 Å². The number of aromatic nitrogens is 2. The number of anilines is 4. The molecule has 9 heteroatoms. The summed E-state index contributed by atoms with van der Waals surface area (Å²) in [5, 5.41) is 5.76. The first-order valence-electron chi connectivity index (χ1n) is 9.92. The molecule has 0 aliphatic carbocycles. The van der Waals surface area contributed by atoms with Crippen molar-refractivity contribution in [1.82, 2.24) is 15.3 Å². The summed E-state index contributed by atoms with van der Waals surface area (Å²) < 4.78 is 5.43. The van der Waals surface area contributed by atoms with Crippen LogP contribution < -0.4 is 25.2 Å². The van der Waals surface area contributed by atoms with Gasteiger partial charge in [-0.1, -0.05) is 6.92 Å². The van der Waals surface area contributed by atoms with Crippen LogP contribution in [0.3, 0.4) is 0 Å². The van der Waals surface area contributed by atoms with Gasteiger partial charge in [0.1, 0.15) is 17.5 Å². The van der Waals surface area contributed by atoms with Crippen molar-refractivity contribution < 1.29 is 14.3 Å². The fourth-order valence-electron chi connectivity index (χ4n) is 3.64. The number of rotatable bonds is 6. The average Bonchev–Trinajstić information content (AvgIpc) is 2.75. The fourth-order valence-corrected chi connectivity index (χ4v) is 3.64. The van der Waals surface area contributed by atoms with Crippen LogP contribution in [0.5, 0.6) is 5.75 Å². The van der Waals surface area contributed by atoms with E-state index in [2.05, 4.69) is 15.6 Å². The number of nitrogens with zero attached hydrogens (tertiary/aromatic N) is 4. The molecule has 3 rings (SSSR count). The van der Waals surface area contributed by atoms with E-state index < -0.39 is 0 Å². The van der Waals surface area contributed by atoms with Crippen molar-refractivity contribution >= 4 is 35.0 Å². The molecule has 0 bridgehead atoms. The topological polar surface area (TPSA) is 99.7 Å². The third-order valence-corrected chi connectivity index (χ3v) is 5.19. The van der Waals surface area contributed by atoms with Crippen LogP contribution in [0.25, 0.3) is 0 Å². The van der Waals surface area contributed by atoms with E-state index in [1.54, 1.807) is 43.4 Å². The second-order valence-electron chi connectivity index (χ2n) is 7.34. The standard InChI is InChI=1S/C21H28N6O3/c1-7-15-20(29)26(5)16-11-23-21(25-18(16)27(15)12(2)3)24-14-9-8-13(19(28)22-4)10-17(14)30-6/h8-12,15H,7H2,1-6H3,(H,22,28)(H,23,24,25)/t15-/m0/s1. The van der Waals surface area contributed by atoms with E-state index in [9.17, 15) is 9.59 Å². The normalized spacial score (nSPS) is 15.8. The number of ether oxygens (including phenoxy) is 1. The number of likely N-dealkylation sites (N-methyl/N-ethyl adjacent to an activating group) is 1. The second kappa shape index (κ2) is 8.56. The summed E-state index contributed by atoms with van der Waals surface area (Å²) >= 11 is 0. The summed E-state index contributed by atoms with van der Waals surface area (Å²) in [5.74, 6) is 1.42. The summed E-state index contributed by atoms with van der Waals surface area (Å²) in [5.41, 5.74) is 1.79. The first kappa shape index (κ1) is 21.4. The number of methoxy groups -OCH3 is 1. The minimum Gasteiger partial charge on any atom is -0.495 e. The van der Waals surface area contributed by atoms with Gasteiger partial charge in [-0.15, -0.1) is 0 Å². The highest BCUT2D eigenvalue weighted by Crippen LogP contribution is 2.37. The number of benzene rings is 1. The zero-order valence-corrected chi connectivity index (χ0v) is 18.2. The summed E-state index contributed by atoms with van der Waals surface area (Å²) in [6.07, 6.45) is 2.33. The van der Waals surface area contributed by atoms with Crippen molar-refractivity contribution in [3.8, 4) is 5.75 Å². The summed E-state index contributed by atoms with van der Waals surface area (Å²) in [7, 11) is 4.86. The number of hydrogen-bond acceptors (Lipinski definition) is 7. The zero-order chi connectivity index (χ0) is 22.0. The smallest absolute Gasteiger partial charge is 0.251 e. The van der Waals surface area contributed by atoms with Gasteiger partial charge >= 0.3 is 0 Å². The molecule has 0 saturated carbocycles. The van der Waals surface area contributed by atoms with E-state index in [4.69, 9.17) is 9.72 Å². The summed E-state index contributed by atoms with van der Waals surface area (Å²) in [4.78, 5) is 37.4. The lowest BCUT2D eigenvalue weighted by Gasteiger charge is -2.42. The Morgan fingerprint density at radius 3 is 2.67 bits per heavy atom. The quantitative estimate of drug-likeness (QED) is 0.752.